The Labute approximate surface area is 63.1 Å². The van der Waals surface area contributed by atoms with Crippen LogP contribution >= 0.6 is 0 Å². The van der Waals surface area contributed by atoms with E-state index in [0.29, 0.717) is 17.5 Å². The van der Waals surface area contributed by atoms with Crippen molar-refractivity contribution in [3.8, 4) is 5.75 Å². The van der Waals surface area contributed by atoms with Crippen molar-refractivity contribution in [3.63, 3.8) is 0 Å². The van der Waals surface area contributed by atoms with Gasteiger partial charge in [0.05, 0.1) is 5.56 Å². The topological polar surface area (TPSA) is 77.0 Å². The van der Waals surface area contributed by atoms with Crippen molar-refractivity contribution in [2.75, 3.05) is 0 Å². The van der Waals surface area contributed by atoms with E-state index in [-0.39, 0.29) is 11.3 Å². The maximum Gasteiger partial charge on any atom is 0.154 e. The first kappa shape index (κ1) is 7.71. The van der Waals surface area contributed by atoms with Crippen LogP contribution in [0.5, 0.6) is 5.75 Å². The van der Waals surface area contributed by atoms with Crippen molar-refractivity contribution in [3.05, 3.63) is 29.0 Å². The van der Waals surface area contributed by atoms with Crippen LogP contribution in [0.4, 0.5) is 5.69 Å². The van der Waals surface area contributed by atoms with Gasteiger partial charge in [0.1, 0.15) is 11.4 Å². The maximum absolute atomic E-state index is 10.2. The predicted octanol–water partition coefficient (Wildman–Crippen LogP) is -0.103. The summed E-state index contributed by atoms with van der Waals surface area (Å²) in [6.45, 7) is 0. The fraction of sp³-hybridized carbons (Fsp3) is 0. The van der Waals surface area contributed by atoms with E-state index >= 15 is 0 Å². The smallest absolute Gasteiger partial charge is 0.154 e. The van der Waals surface area contributed by atoms with E-state index in [0.717, 1.165) is 0 Å². The second-order valence-corrected chi connectivity index (χ2v) is 2.05. The van der Waals surface area contributed by atoms with Gasteiger partial charge in [0.15, 0.2) is 6.29 Å². The zero-order valence-electron chi connectivity index (χ0n) is 5.65. The van der Waals surface area contributed by atoms with E-state index in [9.17, 15) is 10.0 Å². The summed E-state index contributed by atoms with van der Waals surface area (Å²) >= 11 is 0. The van der Waals surface area contributed by atoms with Crippen LogP contribution in [0.1, 0.15) is 10.4 Å². The number of aromatic hydroxyl groups is 1. The second kappa shape index (κ2) is 3.14. The number of phenolic OH excluding ortho intramolecular Hbond substituents is 1. The summed E-state index contributed by atoms with van der Waals surface area (Å²) in [4.78, 5) is 10.2. The van der Waals surface area contributed by atoms with Crippen LogP contribution in [0.15, 0.2) is 18.2 Å². The van der Waals surface area contributed by atoms with Crippen molar-refractivity contribution in [2.45, 2.75) is 0 Å². The Balaban J connectivity index is 3.12. The molecular weight excluding hydrogens is 146 g/mol. The molecule has 58 valence electrons. The molecule has 0 spiro atoms. The van der Waals surface area contributed by atoms with E-state index in [1.165, 1.54) is 18.2 Å². The molecule has 0 fully saturated rings. The molecular formula is C7H7NO3. The molecule has 1 aromatic rings. The monoisotopic (exact) mass is 153 g/mol. The van der Waals surface area contributed by atoms with E-state index in [1.807, 2.05) is 0 Å². The Bertz CT molecular complexity index is 272. The number of aldehydes is 1. The van der Waals surface area contributed by atoms with Crippen molar-refractivity contribution in [2.24, 2.45) is 0 Å². The third-order valence-corrected chi connectivity index (χ3v) is 1.31. The van der Waals surface area contributed by atoms with Crippen LogP contribution in [0, 0.1) is 5.21 Å². The highest BCUT2D eigenvalue weighted by molar-refractivity contribution is 5.80. The average Bonchev–Trinajstić information content (AvgIpc) is 2.05. The van der Waals surface area contributed by atoms with Gasteiger partial charge in [0.25, 0.3) is 0 Å². The lowest BCUT2D eigenvalue weighted by Crippen LogP contribution is -2.70. The average molecular weight is 153 g/mol. The number of carbonyl (C=O) groups is 1. The second-order valence-electron chi connectivity index (χ2n) is 2.05. The molecule has 0 aromatic heterocycles. The SMILES string of the molecule is O=Cc1cc([NH2+][O-])ccc1O. The standard InChI is InChI=1S/C7H7NO3/c9-4-5-3-6(8-11)1-2-7(5)10/h1-4,10H,8H2. The zero-order valence-corrected chi connectivity index (χ0v) is 5.65. The summed E-state index contributed by atoms with van der Waals surface area (Å²) in [5.41, 5.74) is 1.13. The Morgan fingerprint density at radius 2 is 2.27 bits per heavy atom. The molecule has 4 nitrogen and oxygen atoms in total. The van der Waals surface area contributed by atoms with Gasteiger partial charge in [-0.25, -0.2) is 0 Å². The molecule has 0 saturated heterocycles. The zero-order chi connectivity index (χ0) is 8.27. The molecule has 0 aliphatic rings. The molecule has 0 aliphatic carbocycles. The lowest BCUT2D eigenvalue weighted by atomic mass is 10.2. The summed E-state index contributed by atoms with van der Waals surface area (Å²) in [7, 11) is 0. The molecule has 0 saturated carbocycles. The fourth-order valence-corrected chi connectivity index (χ4v) is 0.741. The van der Waals surface area contributed by atoms with Gasteiger partial charge in [-0.05, 0) is 6.07 Å². The van der Waals surface area contributed by atoms with Gasteiger partial charge < -0.3 is 15.8 Å². The van der Waals surface area contributed by atoms with Crippen LogP contribution in [0.2, 0.25) is 0 Å². The minimum atomic E-state index is -0.106. The maximum atomic E-state index is 10.2. The minimum absolute atomic E-state index is 0.106. The normalized spacial score (nSPS) is 9.55. The number of benzene rings is 1. The first-order chi connectivity index (χ1) is 5.27. The summed E-state index contributed by atoms with van der Waals surface area (Å²) < 4.78 is 0. The highest BCUT2D eigenvalue weighted by Crippen LogP contribution is 2.16. The van der Waals surface area contributed by atoms with Gasteiger partial charge >= 0.3 is 0 Å². The molecule has 0 bridgehead atoms. The molecule has 0 atom stereocenters. The Hall–Kier alpha value is -1.39. The molecule has 11 heavy (non-hydrogen) atoms. The van der Waals surface area contributed by atoms with Crippen LogP contribution < -0.4 is 5.48 Å². The van der Waals surface area contributed by atoms with Crippen molar-refractivity contribution in [1.82, 2.24) is 0 Å². The van der Waals surface area contributed by atoms with Crippen molar-refractivity contribution >= 4 is 12.0 Å². The van der Waals surface area contributed by atoms with Gasteiger partial charge in [-0.15, -0.1) is 0 Å². The summed E-state index contributed by atoms with van der Waals surface area (Å²) in [5.74, 6) is -0.106. The molecule has 3 N–H and O–H groups in total. The molecule has 1 rings (SSSR count). The van der Waals surface area contributed by atoms with E-state index in [4.69, 9.17) is 5.11 Å². The van der Waals surface area contributed by atoms with Gasteiger partial charge in [-0.3, -0.25) is 4.79 Å². The summed E-state index contributed by atoms with van der Waals surface area (Å²) in [5, 5.41) is 19.2. The van der Waals surface area contributed by atoms with Crippen molar-refractivity contribution in [1.29, 1.82) is 0 Å². The molecule has 0 unspecified atom stereocenters. The third-order valence-electron chi connectivity index (χ3n) is 1.31. The van der Waals surface area contributed by atoms with Crippen LogP contribution in [-0.2, 0) is 0 Å². The van der Waals surface area contributed by atoms with Gasteiger partial charge in [0, 0.05) is 12.1 Å². The number of hydrogen-bond donors (Lipinski definition) is 2. The number of rotatable bonds is 2. The van der Waals surface area contributed by atoms with Crippen molar-refractivity contribution < 1.29 is 15.4 Å². The first-order valence-electron chi connectivity index (χ1n) is 3.01. The molecule has 4 heteroatoms. The molecule has 0 heterocycles. The highest BCUT2D eigenvalue weighted by Gasteiger charge is 2.00. The predicted molar refractivity (Wildman–Crippen MR) is 38.4 cm³/mol. The number of carbonyl (C=O) groups excluding carboxylic acids is 1. The molecule has 0 aliphatic heterocycles. The van der Waals surface area contributed by atoms with Crippen LogP contribution in [0.3, 0.4) is 0 Å². The van der Waals surface area contributed by atoms with Gasteiger partial charge in [-0.1, -0.05) is 0 Å². The lowest BCUT2D eigenvalue weighted by molar-refractivity contribution is -0.497. The van der Waals surface area contributed by atoms with Crippen LogP contribution in [0.25, 0.3) is 0 Å². The lowest BCUT2D eigenvalue weighted by Gasteiger charge is -2.02. The highest BCUT2D eigenvalue weighted by atomic mass is 16.5. The summed E-state index contributed by atoms with van der Waals surface area (Å²) in [6, 6.07) is 4.08. The Kier molecular flexibility index (Phi) is 2.20. The number of nitrogens with two attached hydrogens (primary N) is 1. The minimum Gasteiger partial charge on any atom is -0.630 e. The quantitative estimate of drug-likeness (QED) is 0.269. The Morgan fingerprint density at radius 3 is 2.82 bits per heavy atom. The third kappa shape index (κ3) is 1.54. The molecule has 0 amide bonds. The number of quaternary nitrogens is 1. The largest absolute Gasteiger partial charge is 0.630 e. The number of hydrogen-bond acceptors (Lipinski definition) is 3. The van der Waals surface area contributed by atoms with E-state index < -0.39 is 0 Å². The molecule has 0 radical (unpaired) electrons. The van der Waals surface area contributed by atoms with E-state index in [1.54, 1.807) is 0 Å². The fourth-order valence-electron chi connectivity index (χ4n) is 0.741. The first-order valence-corrected chi connectivity index (χ1v) is 3.01. The molecule has 1 aromatic carbocycles. The Morgan fingerprint density at radius 1 is 1.55 bits per heavy atom. The number of phenols is 1. The van der Waals surface area contributed by atoms with Gasteiger partial charge in [-0.2, -0.15) is 0 Å². The van der Waals surface area contributed by atoms with Crippen LogP contribution in [-0.4, -0.2) is 11.4 Å². The summed E-state index contributed by atoms with van der Waals surface area (Å²) in [6.07, 6.45) is 0.502. The van der Waals surface area contributed by atoms with E-state index in [2.05, 4.69) is 0 Å². The van der Waals surface area contributed by atoms with Gasteiger partial charge in [0.2, 0.25) is 0 Å².